The molecule has 5 nitrogen and oxygen atoms in total. The van der Waals surface area contributed by atoms with Crippen molar-refractivity contribution in [1.82, 2.24) is 14.5 Å². The number of hydrogen-bond donors (Lipinski definition) is 1. The third-order valence-corrected chi connectivity index (χ3v) is 6.61. The van der Waals surface area contributed by atoms with Crippen molar-refractivity contribution in [3.05, 3.63) is 33.4 Å². The lowest BCUT2D eigenvalue weighted by atomic mass is 10.3. The van der Waals surface area contributed by atoms with Crippen LogP contribution in [0, 0.1) is 6.92 Å². The van der Waals surface area contributed by atoms with Crippen molar-refractivity contribution in [3.63, 3.8) is 0 Å². The third kappa shape index (κ3) is 3.65. The molecule has 19 heavy (non-hydrogen) atoms. The molecule has 0 aromatic carbocycles. The van der Waals surface area contributed by atoms with Crippen LogP contribution in [0.25, 0.3) is 0 Å². The Morgan fingerprint density at radius 2 is 2.26 bits per heavy atom. The first-order valence-electron chi connectivity index (χ1n) is 5.62. The fraction of sp³-hybridized carbons (Fsp3) is 0.364. The van der Waals surface area contributed by atoms with E-state index >= 15 is 0 Å². The average molecular weight is 364 g/mol. The Morgan fingerprint density at radius 3 is 2.79 bits per heavy atom. The standard InChI is InChI=1S/C11H14BrN3O2S2/c1-8-7-10(18-11(8)12)19(16,17)13-5-3-9-4-6-15(2)14-9/h4,6-7,13H,3,5H2,1-2H3. The maximum atomic E-state index is 12.0. The number of nitrogens with zero attached hydrogens (tertiary/aromatic N) is 2. The van der Waals surface area contributed by atoms with Gasteiger partial charge in [0.05, 0.1) is 9.48 Å². The van der Waals surface area contributed by atoms with Gasteiger partial charge in [-0.2, -0.15) is 5.10 Å². The Labute approximate surface area is 124 Å². The number of hydrogen-bond acceptors (Lipinski definition) is 4. The summed E-state index contributed by atoms with van der Waals surface area (Å²) in [5.74, 6) is 0. The molecule has 0 radical (unpaired) electrons. The highest BCUT2D eigenvalue weighted by Crippen LogP contribution is 2.30. The minimum absolute atomic E-state index is 0.331. The molecular weight excluding hydrogens is 350 g/mol. The fourth-order valence-electron chi connectivity index (χ4n) is 1.55. The molecule has 0 saturated heterocycles. The average Bonchev–Trinajstić information content (AvgIpc) is 2.87. The van der Waals surface area contributed by atoms with Crippen LogP contribution < -0.4 is 4.72 Å². The van der Waals surface area contributed by atoms with E-state index in [9.17, 15) is 8.42 Å². The Hall–Kier alpha value is -0.700. The molecule has 0 amide bonds. The van der Waals surface area contributed by atoms with Gasteiger partial charge in [-0.3, -0.25) is 4.68 Å². The molecule has 0 saturated carbocycles. The lowest BCUT2D eigenvalue weighted by Gasteiger charge is -2.03. The van der Waals surface area contributed by atoms with E-state index < -0.39 is 10.0 Å². The molecular formula is C11H14BrN3O2S2. The van der Waals surface area contributed by atoms with E-state index in [1.165, 1.54) is 11.3 Å². The van der Waals surface area contributed by atoms with Gasteiger partial charge in [0.1, 0.15) is 4.21 Å². The quantitative estimate of drug-likeness (QED) is 0.884. The van der Waals surface area contributed by atoms with Crippen LogP contribution in [0.15, 0.2) is 26.3 Å². The molecule has 104 valence electrons. The summed E-state index contributed by atoms with van der Waals surface area (Å²) in [5, 5.41) is 4.20. The number of aryl methyl sites for hydroxylation is 2. The zero-order valence-corrected chi connectivity index (χ0v) is 13.8. The summed E-state index contributed by atoms with van der Waals surface area (Å²) in [7, 11) is -1.59. The number of nitrogens with one attached hydrogen (secondary N) is 1. The van der Waals surface area contributed by atoms with Gasteiger partial charge in [-0.05, 0) is 40.5 Å². The van der Waals surface area contributed by atoms with Crippen LogP contribution in [-0.4, -0.2) is 24.7 Å². The number of thiophene rings is 1. The van der Waals surface area contributed by atoms with E-state index in [1.807, 2.05) is 26.2 Å². The highest BCUT2D eigenvalue weighted by Gasteiger charge is 2.17. The third-order valence-electron chi connectivity index (χ3n) is 2.54. The minimum atomic E-state index is -3.42. The summed E-state index contributed by atoms with van der Waals surface area (Å²) >= 11 is 4.55. The second-order valence-electron chi connectivity index (χ2n) is 4.15. The molecule has 2 rings (SSSR count). The smallest absolute Gasteiger partial charge is 0.250 e. The fourth-order valence-corrected chi connectivity index (χ4v) is 4.85. The molecule has 2 aromatic rings. The van der Waals surface area contributed by atoms with Crippen molar-refractivity contribution in [3.8, 4) is 0 Å². The second kappa shape index (κ2) is 5.74. The van der Waals surface area contributed by atoms with Crippen LogP contribution in [0.1, 0.15) is 11.3 Å². The SMILES string of the molecule is Cc1cc(S(=O)(=O)NCCc2ccn(C)n2)sc1Br. The lowest BCUT2D eigenvalue weighted by molar-refractivity contribution is 0.583. The maximum Gasteiger partial charge on any atom is 0.250 e. The highest BCUT2D eigenvalue weighted by molar-refractivity contribution is 9.11. The van der Waals surface area contributed by atoms with E-state index in [4.69, 9.17) is 0 Å². The van der Waals surface area contributed by atoms with Gasteiger partial charge in [-0.15, -0.1) is 11.3 Å². The van der Waals surface area contributed by atoms with Crippen LogP contribution >= 0.6 is 27.3 Å². The molecule has 8 heteroatoms. The molecule has 2 heterocycles. The van der Waals surface area contributed by atoms with Crippen LogP contribution in [0.4, 0.5) is 0 Å². The molecule has 0 aliphatic rings. The highest BCUT2D eigenvalue weighted by atomic mass is 79.9. The van der Waals surface area contributed by atoms with E-state index in [1.54, 1.807) is 10.7 Å². The van der Waals surface area contributed by atoms with Crippen molar-refractivity contribution >= 4 is 37.3 Å². The predicted octanol–water partition coefficient (Wildman–Crippen LogP) is 2.07. The molecule has 0 spiro atoms. The maximum absolute atomic E-state index is 12.0. The van der Waals surface area contributed by atoms with Crippen molar-refractivity contribution < 1.29 is 8.42 Å². The van der Waals surface area contributed by atoms with E-state index in [-0.39, 0.29) is 0 Å². The summed E-state index contributed by atoms with van der Waals surface area (Å²) in [4.78, 5) is 0. The number of rotatable bonds is 5. The van der Waals surface area contributed by atoms with Gasteiger partial charge in [0, 0.05) is 26.2 Å². The van der Waals surface area contributed by atoms with Crippen LogP contribution in [0.5, 0.6) is 0 Å². The molecule has 0 fully saturated rings. The predicted molar refractivity (Wildman–Crippen MR) is 78.9 cm³/mol. The molecule has 0 unspecified atom stereocenters. The number of sulfonamides is 1. The van der Waals surface area contributed by atoms with E-state index in [0.717, 1.165) is 15.0 Å². The lowest BCUT2D eigenvalue weighted by Crippen LogP contribution is -2.25. The topological polar surface area (TPSA) is 64.0 Å². The first kappa shape index (κ1) is 14.7. The summed E-state index contributed by atoms with van der Waals surface area (Å²) in [5.41, 5.74) is 1.80. The molecule has 1 N–H and O–H groups in total. The first-order chi connectivity index (χ1) is 8.88. The Bertz CT molecular complexity index is 656. The molecule has 2 aromatic heterocycles. The largest absolute Gasteiger partial charge is 0.276 e. The minimum Gasteiger partial charge on any atom is -0.276 e. The van der Waals surface area contributed by atoms with Crippen LogP contribution in [-0.2, 0) is 23.5 Å². The summed E-state index contributed by atoms with van der Waals surface area (Å²) in [6, 6.07) is 3.54. The summed E-state index contributed by atoms with van der Waals surface area (Å²) in [6.07, 6.45) is 2.41. The second-order valence-corrected chi connectivity index (χ2v) is 8.51. The van der Waals surface area contributed by atoms with Crippen molar-refractivity contribution in [2.75, 3.05) is 6.54 Å². The van der Waals surface area contributed by atoms with Crippen molar-refractivity contribution in [2.45, 2.75) is 17.6 Å². The first-order valence-corrected chi connectivity index (χ1v) is 8.72. The molecule has 0 aliphatic heterocycles. The van der Waals surface area contributed by atoms with E-state index in [0.29, 0.717) is 17.2 Å². The van der Waals surface area contributed by atoms with Gasteiger partial charge < -0.3 is 0 Å². The van der Waals surface area contributed by atoms with Gasteiger partial charge in [0.15, 0.2) is 0 Å². The van der Waals surface area contributed by atoms with Gasteiger partial charge in [-0.25, -0.2) is 13.1 Å². The number of halogens is 1. The Kier molecular flexibility index (Phi) is 4.44. The monoisotopic (exact) mass is 363 g/mol. The van der Waals surface area contributed by atoms with Gasteiger partial charge in [-0.1, -0.05) is 0 Å². The van der Waals surface area contributed by atoms with Crippen LogP contribution in [0.3, 0.4) is 0 Å². The van der Waals surface area contributed by atoms with Gasteiger partial charge in [0.25, 0.3) is 0 Å². The zero-order chi connectivity index (χ0) is 14.0. The van der Waals surface area contributed by atoms with Gasteiger partial charge >= 0.3 is 0 Å². The summed E-state index contributed by atoms with van der Waals surface area (Å²) < 4.78 is 29.6. The van der Waals surface area contributed by atoms with Crippen molar-refractivity contribution in [1.29, 1.82) is 0 Å². The Morgan fingerprint density at radius 1 is 1.53 bits per heavy atom. The Balaban J connectivity index is 1.98. The van der Waals surface area contributed by atoms with Gasteiger partial charge in [0.2, 0.25) is 10.0 Å². The van der Waals surface area contributed by atoms with Crippen LogP contribution in [0.2, 0.25) is 0 Å². The van der Waals surface area contributed by atoms with Crippen molar-refractivity contribution in [2.24, 2.45) is 7.05 Å². The normalized spacial score (nSPS) is 11.9. The number of aromatic nitrogens is 2. The zero-order valence-electron chi connectivity index (χ0n) is 10.6. The molecule has 0 bridgehead atoms. The van der Waals surface area contributed by atoms with E-state index in [2.05, 4.69) is 25.8 Å². The molecule has 0 atom stereocenters. The summed E-state index contributed by atoms with van der Waals surface area (Å²) in [6.45, 7) is 2.21. The molecule has 0 aliphatic carbocycles.